The van der Waals surface area contributed by atoms with E-state index in [1.807, 2.05) is 13.8 Å². The number of carbonyl (C=O) groups is 1. The van der Waals surface area contributed by atoms with E-state index in [-0.39, 0.29) is 18.1 Å². The van der Waals surface area contributed by atoms with E-state index in [2.05, 4.69) is 5.32 Å². The Labute approximate surface area is 132 Å². The van der Waals surface area contributed by atoms with E-state index in [0.29, 0.717) is 29.5 Å². The lowest BCUT2D eigenvalue weighted by atomic mass is 10.0. The molecule has 5 heteroatoms. The second-order valence-corrected chi connectivity index (χ2v) is 6.04. The monoisotopic (exact) mass is 306 g/mol. The molecule has 22 heavy (non-hydrogen) atoms. The molecular formula is C17H26N2O3. The second kappa shape index (κ2) is 7.49. The van der Waals surface area contributed by atoms with Crippen molar-refractivity contribution < 1.29 is 14.3 Å². The van der Waals surface area contributed by atoms with Crippen LogP contribution in [0.2, 0.25) is 0 Å². The summed E-state index contributed by atoms with van der Waals surface area (Å²) in [5, 5.41) is 3.09. The molecule has 2 rings (SSSR count). The maximum absolute atomic E-state index is 12.4. The molecule has 0 spiro atoms. The predicted octanol–water partition coefficient (Wildman–Crippen LogP) is 2.34. The first-order chi connectivity index (χ1) is 10.5. The van der Waals surface area contributed by atoms with Crippen molar-refractivity contribution in [3.63, 3.8) is 0 Å². The highest BCUT2D eigenvalue weighted by Crippen LogP contribution is 2.30. The molecule has 2 unspecified atom stereocenters. The summed E-state index contributed by atoms with van der Waals surface area (Å²) in [6.07, 6.45) is 3.26. The largest absolute Gasteiger partial charge is 0.493 e. The highest BCUT2D eigenvalue weighted by Gasteiger charge is 2.27. The maximum Gasteiger partial charge on any atom is 0.251 e. The molecule has 2 atom stereocenters. The van der Waals surface area contributed by atoms with Crippen molar-refractivity contribution in [2.75, 3.05) is 13.7 Å². The zero-order chi connectivity index (χ0) is 16.1. The van der Waals surface area contributed by atoms with Crippen LogP contribution in [0.3, 0.4) is 0 Å². The first-order valence-corrected chi connectivity index (χ1v) is 7.90. The van der Waals surface area contributed by atoms with Crippen LogP contribution in [0, 0.1) is 5.92 Å². The van der Waals surface area contributed by atoms with Crippen LogP contribution < -0.4 is 20.5 Å². The van der Waals surface area contributed by atoms with Crippen molar-refractivity contribution in [3.05, 3.63) is 23.8 Å². The van der Waals surface area contributed by atoms with Crippen molar-refractivity contribution >= 4 is 5.91 Å². The Kier molecular flexibility index (Phi) is 5.66. The normalized spacial score (nSPS) is 21.0. The summed E-state index contributed by atoms with van der Waals surface area (Å²) < 4.78 is 11.0. The van der Waals surface area contributed by atoms with Gasteiger partial charge in [0.05, 0.1) is 13.2 Å². The van der Waals surface area contributed by atoms with Gasteiger partial charge in [-0.25, -0.2) is 0 Å². The summed E-state index contributed by atoms with van der Waals surface area (Å²) in [6, 6.07) is 5.44. The average Bonchev–Trinajstić information content (AvgIpc) is 2.94. The number of amides is 1. The quantitative estimate of drug-likeness (QED) is 0.846. The molecule has 0 radical (unpaired) electrons. The fraction of sp³-hybridized carbons (Fsp3) is 0.588. The van der Waals surface area contributed by atoms with Gasteiger partial charge in [0.15, 0.2) is 11.5 Å². The minimum atomic E-state index is -0.0836. The number of nitrogens with one attached hydrogen (secondary N) is 1. The molecule has 1 fully saturated rings. The van der Waals surface area contributed by atoms with Gasteiger partial charge in [-0.1, -0.05) is 6.42 Å². The SMILES string of the molecule is COc1cc(C(=O)NC2CCCC2CN)ccc1OC(C)C. The van der Waals surface area contributed by atoms with Crippen molar-refractivity contribution in [3.8, 4) is 11.5 Å². The molecular weight excluding hydrogens is 280 g/mol. The molecule has 1 saturated carbocycles. The maximum atomic E-state index is 12.4. The highest BCUT2D eigenvalue weighted by molar-refractivity contribution is 5.95. The van der Waals surface area contributed by atoms with Crippen molar-refractivity contribution in [2.24, 2.45) is 11.7 Å². The van der Waals surface area contributed by atoms with Crippen LogP contribution in [0.4, 0.5) is 0 Å². The van der Waals surface area contributed by atoms with E-state index in [1.165, 1.54) is 0 Å². The molecule has 0 heterocycles. The summed E-state index contributed by atoms with van der Waals surface area (Å²) in [5.41, 5.74) is 6.34. The third kappa shape index (κ3) is 3.91. The first-order valence-electron chi connectivity index (χ1n) is 7.90. The Hall–Kier alpha value is -1.75. The van der Waals surface area contributed by atoms with Gasteiger partial charge in [-0.05, 0) is 57.4 Å². The van der Waals surface area contributed by atoms with Crippen LogP contribution in [-0.2, 0) is 0 Å². The molecule has 0 saturated heterocycles. The number of nitrogens with two attached hydrogens (primary N) is 1. The molecule has 1 amide bonds. The number of methoxy groups -OCH3 is 1. The number of hydrogen-bond donors (Lipinski definition) is 2. The molecule has 122 valence electrons. The van der Waals surface area contributed by atoms with Gasteiger partial charge in [-0.15, -0.1) is 0 Å². The molecule has 1 aliphatic carbocycles. The number of hydrogen-bond acceptors (Lipinski definition) is 4. The second-order valence-electron chi connectivity index (χ2n) is 6.04. The smallest absolute Gasteiger partial charge is 0.251 e. The Morgan fingerprint density at radius 3 is 2.77 bits per heavy atom. The predicted molar refractivity (Wildman–Crippen MR) is 86.4 cm³/mol. The summed E-state index contributed by atoms with van der Waals surface area (Å²) in [7, 11) is 1.58. The molecule has 0 bridgehead atoms. The van der Waals surface area contributed by atoms with E-state index >= 15 is 0 Å². The number of ether oxygens (including phenoxy) is 2. The fourth-order valence-corrected chi connectivity index (χ4v) is 2.92. The first kappa shape index (κ1) is 16.6. The average molecular weight is 306 g/mol. The molecule has 0 aliphatic heterocycles. The lowest BCUT2D eigenvalue weighted by Crippen LogP contribution is -2.39. The Morgan fingerprint density at radius 1 is 1.36 bits per heavy atom. The summed E-state index contributed by atoms with van der Waals surface area (Å²) in [5.74, 6) is 1.52. The van der Waals surface area contributed by atoms with Gasteiger partial charge in [0.2, 0.25) is 0 Å². The topological polar surface area (TPSA) is 73.6 Å². The van der Waals surface area contributed by atoms with Crippen LogP contribution in [-0.4, -0.2) is 31.7 Å². The van der Waals surface area contributed by atoms with E-state index in [0.717, 1.165) is 19.3 Å². The fourth-order valence-electron chi connectivity index (χ4n) is 2.92. The summed E-state index contributed by atoms with van der Waals surface area (Å²) >= 11 is 0. The van der Waals surface area contributed by atoms with Gasteiger partial charge in [0, 0.05) is 11.6 Å². The number of benzene rings is 1. The van der Waals surface area contributed by atoms with Crippen LogP contribution in [0.15, 0.2) is 18.2 Å². The van der Waals surface area contributed by atoms with E-state index in [1.54, 1.807) is 25.3 Å². The van der Waals surface area contributed by atoms with Crippen LogP contribution in [0.5, 0.6) is 11.5 Å². The molecule has 0 aromatic heterocycles. The lowest BCUT2D eigenvalue weighted by Gasteiger charge is -2.20. The van der Waals surface area contributed by atoms with Gasteiger partial charge in [-0.3, -0.25) is 4.79 Å². The van der Waals surface area contributed by atoms with Gasteiger partial charge >= 0.3 is 0 Å². The highest BCUT2D eigenvalue weighted by atomic mass is 16.5. The standard InChI is InChI=1S/C17H26N2O3/c1-11(2)22-15-8-7-12(9-16(15)21-3)17(20)19-14-6-4-5-13(14)10-18/h7-9,11,13-14H,4-6,10,18H2,1-3H3,(H,19,20). The Balaban J connectivity index is 2.09. The molecule has 1 aromatic carbocycles. The van der Waals surface area contributed by atoms with E-state index in [9.17, 15) is 4.79 Å². The number of rotatable bonds is 6. The molecule has 3 N–H and O–H groups in total. The van der Waals surface area contributed by atoms with Crippen molar-refractivity contribution in [1.82, 2.24) is 5.32 Å². The number of carbonyl (C=O) groups excluding carboxylic acids is 1. The summed E-state index contributed by atoms with van der Waals surface area (Å²) in [4.78, 5) is 12.4. The van der Waals surface area contributed by atoms with E-state index in [4.69, 9.17) is 15.2 Å². The van der Waals surface area contributed by atoms with E-state index < -0.39 is 0 Å². The molecule has 5 nitrogen and oxygen atoms in total. The summed E-state index contributed by atoms with van der Waals surface area (Å²) in [6.45, 7) is 4.52. The van der Waals surface area contributed by atoms with Crippen LogP contribution in [0.25, 0.3) is 0 Å². The van der Waals surface area contributed by atoms with Crippen molar-refractivity contribution in [2.45, 2.75) is 45.3 Å². The Bertz CT molecular complexity index is 517. The van der Waals surface area contributed by atoms with Crippen LogP contribution in [0.1, 0.15) is 43.5 Å². The minimum absolute atomic E-state index is 0.0531. The minimum Gasteiger partial charge on any atom is -0.493 e. The zero-order valence-electron chi connectivity index (χ0n) is 13.6. The lowest BCUT2D eigenvalue weighted by molar-refractivity contribution is 0.0928. The third-order valence-corrected chi connectivity index (χ3v) is 4.07. The molecule has 1 aromatic rings. The van der Waals surface area contributed by atoms with Gasteiger partial charge < -0.3 is 20.5 Å². The van der Waals surface area contributed by atoms with Gasteiger partial charge in [0.1, 0.15) is 0 Å². The van der Waals surface area contributed by atoms with Crippen LogP contribution >= 0.6 is 0 Å². The molecule has 1 aliphatic rings. The van der Waals surface area contributed by atoms with Gasteiger partial charge in [0.25, 0.3) is 5.91 Å². The van der Waals surface area contributed by atoms with Crippen molar-refractivity contribution in [1.29, 1.82) is 0 Å². The third-order valence-electron chi connectivity index (χ3n) is 4.07. The van der Waals surface area contributed by atoms with Gasteiger partial charge in [-0.2, -0.15) is 0 Å². The zero-order valence-corrected chi connectivity index (χ0v) is 13.6. The Morgan fingerprint density at radius 2 is 2.14 bits per heavy atom.